The molecule has 0 fully saturated rings. The van der Waals surface area contributed by atoms with Gasteiger partial charge in [-0.25, -0.2) is 0 Å². The molecule has 3 rings (SSSR count). The number of amides is 1. The van der Waals surface area contributed by atoms with Gasteiger partial charge in [0, 0.05) is 0 Å². The molecule has 2 aromatic carbocycles. The summed E-state index contributed by atoms with van der Waals surface area (Å²) in [6, 6.07) is 14.9. The van der Waals surface area contributed by atoms with Gasteiger partial charge in [-0.15, -0.1) is 0 Å². The molecule has 1 aromatic heterocycles. The lowest BCUT2D eigenvalue weighted by atomic mass is 10.1. The van der Waals surface area contributed by atoms with Crippen LogP contribution in [0.3, 0.4) is 0 Å². The quantitative estimate of drug-likeness (QED) is 0.742. The van der Waals surface area contributed by atoms with Crippen molar-refractivity contribution < 1.29 is 18.8 Å². The standard InChI is InChI=1S/C19H18N2O4/c1-13-3-7-16(8-4-13)24-12-18(22)21-19-17(11-20-25-19)14-5-9-15(23-2)10-6-14/h3-11H,12H2,1-2H3,(H,21,22). The summed E-state index contributed by atoms with van der Waals surface area (Å²) in [5.41, 5.74) is 2.67. The number of carbonyl (C=O) groups excluding carboxylic acids is 1. The van der Waals surface area contributed by atoms with Crippen molar-refractivity contribution in [3.63, 3.8) is 0 Å². The fourth-order valence-corrected chi connectivity index (χ4v) is 2.25. The van der Waals surface area contributed by atoms with Crippen molar-refractivity contribution in [2.45, 2.75) is 6.92 Å². The predicted molar refractivity (Wildman–Crippen MR) is 93.8 cm³/mol. The van der Waals surface area contributed by atoms with Gasteiger partial charge in [0.05, 0.1) is 18.9 Å². The van der Waals surface area contributed by atoms with Gasteiger partial charge in [0.25, 0.3) is 5.91 Å². The zero-order valence-corrected chi connectivity index (χ0v) is 14.0. The lowest BCUT2D eigenvalue weighted by molar-refractivity contribution is -0.118. The Hall–Kier alpha value is -3.28. The second-order valence-corrected chi connectivity index (χ2v) is 5.45. The topological polar surface area (TPSA) is 73.6 Å². The molecule has 0 saturated heterocycles. The molecule has 1 amide bonds. The molecule has 3 aromatic rings. The van der Waals surface area contributed by atoms with Crippen LogP contribution in [-0.4, -0.2) is 24.8 Å². The molecule has 128 valence electrons. The smallest absolute Gasteiger partial charge is 0.264 e. The molecule has 0 radical (unpaired) electrons. The summed E-state index contributed by atoms with van der Waals surface area (Å²) in [5, 5.41) is 6.44. The van der Waals surface area contributed by atoms with Crippen molar-refractivity contribution in [3.05, 3.63) is 60.3 Å². The molecule has 25 heavy (non-hydrogen) atoms. The Balaban J connectivity index is 1.63. The number of benzene rings is 2. The van der Waals surface area contributed by atoms with Gasteiger partial charge in [0.2, 0.25) is 5.88 Å². The minimum absolute atomic E-state index is 0.119. The number of nitrogens with zero attached hydrogens (tertiary/aromatic N) is 1. The van der Waals surface area contributed by atoms with Gasteiger partial charge in [-0.2, -0.15) is 0 Å². The lowest BCUT2D eigenvalue weighted by Crippen LogP contribution is -2.20. The number of carbonyl (C=O) groups is 1. The van der Waals surface area contributed by atoms with E-state index in [4.69, 9.17) is 14.0 Å². The molecule has 0 atom stereocenters. The molecule has 0 unspecified atom stereocenters. The van der Waals surface area contributed by atoms with Crippen molar-refractivity contribution in [3.8, 4) is 22.6 Å². The highest BCUT2D eigenvalue weighted by molar-refractivity contribution is 5.94. The number of hydrogen-bond donors (Lipinski definition) is 1. The summed E-state index contributed by atoms with van der Waals surface area (Å²) < 4.78 is 15.7. The molecule has 1 heterocycles. The van der Waals surface area contributed by atoms with E-state index in [-0.39, 0.29) is 18.4 Å². The van der Waals surface area contributed by atoms with Crippen molar-refractivity contribution in [2.75, 3.05) is 19.0 Å². The maximum Gasteiger partial charge on any atom is 0.264 e. The van der Waals surface area contributed by atoms with Gasteiger partial charge in [-0.05, 0) is 36.8 Å². The molecule has 0 aliphatic rings. The zero-order valence-electron chi connectivity index (χ0n) is 14.0. The van der Waals surface area contributed by atoms with Gasteiger partial charge < -0.3 is 14.0 Å². The fraction of sp³-hybridized carbons (Fsp3) is 0.158. The molecule has 6 nitrogen and oxygen atoms in total. The maximum absolute atomic E-state index is 12.1. The molecule has 0 saturated carbocycles. The summed E-state index contributed by atoms with van der Waals surface area (Å²) in [7, 11) is 1.61. The third-order valence-electron chi connectivity index (χ3n) is 3.62. The van der Waals surface area contributed by atoms with Crippen molar-refractivity contribution in [1.29, 1.82) is 0 Å². The van der Waals surface area contributed by atoms with Gasteiger partial charge in [-0.1, -0.05) is 35.0 Å². The number of rotatable bonds is 6. The molecule has 0 bridgehead atoms. The van der Waals surface area contributed by atoms with Crippen LogP contribution in [0.2, 0.25) is 0 Å². The van der Waals surface area contributed by atoms with Gasteiger partial charge >= 0.3 is 0 Å². The van der Waals surface area contributed by atoms with E-state index >= 15 is 0 Å². The first-order valence-corrected chi connectivity index (χ1v) is 7.74. The normalized spacial score (nSPS) is 10.3. The van der Waals surface area contributed by atoms with Crippen LogP contribution in [0.5, 0.6) is 11.5 Å². The largest absolute Gasteiger partial charge is 0.497 e. The highest BCUT2D eigenvalue weighted by Crippen LogP contribution is 2.29. The first kappa shape index (κ1) is 16.6. The van der Waals surface area contributed by atoms with E-state index in [0.29, 0.717) is 11.3 Å². The average molecular weight is 338 g/mol. The monoisotopic (exact) mass is 338 g/mol. The number of methoxy groups -OCH3 is 1. The Morgan fingerprint density at radius 1 is 1.08 bits per heavy atom. The van der Waals surface area contributed by atoms with Gasteiger partial charge in [-0.3, -0.25) is 10.1 Å². The molecule has 1 N–H and O–H groups in total. The highest BCUT2D eigenvalue weighted by atomic mass is 16.5. The fourth-order valence-electron chi connectivity index (χ4n) is 2.25. The Kier molecular flexibility index (Phi) is 4.99. The van der Waals surface area contributed by atoms with E-state index in [1.54, 1.807) is 13.3 Å². The van der Waals surface area contributed by atoms with E-state index in [1.165, 1.54) is 0 Å². The van der Waals surface area contributed by atoms with E-state index in [0.717, 1.165) is 16.9 Å². The number of ether oxygens (including phenoxy) is 2. The number of hydrogen-bond acceptors (Lipinski definition) is 5. The van der Waals surface area contributed by atoms with Crippen LogP contribution in [-0.2, 0) is 4.79 Å². The molecular weight excluding hydrogens is 320 g/mol. The van der Waals surface area contributed by atoms with Crippen LogP contribution < -0.4 is 14.8 Å². The van der Waals surface area contributed by atoms with Crippen LogP contribution in [0, 0.1) is 6.92 Å². The summed E-state index contributed by atoms with van der Waals surface area (Å²) in [6.45, 7) is 1.87. The highest BCUT2D eigenvalue weighted by Gasteiger charge is 2.14. The predicted octanol–water partition coefficient (Wildman–Crippen LogP) is 3.68. The third-order valence-corrected chi connectivity index (χ3v) is 3.62. The first-order chi connectivity index (χ1) is 12.2. The maximum atomic E-state index is 12.1. The van der Waals surface area contributed by atoms with Crippen LogP contribution in [0.15, 0.2) is 59.3 Å². The van der Waals surface area contributed by atoms with Gasteiger partial charge in [0.1, 0.15) is 11.5 Å². The minimum Gasteiger partial charge on any atom is -0.497 e. The second kappa shape index (κ2) is 7.53. The Bertz CT molecular complexity index is 839. The SMILES string of the molecule is COc1ccc(-c2cnoc2NC(=O)COc2ccc(C)cc2)cc1. The minimum atomic E-state index is -0.327. The molecule has 0 aliphatic carbocycles. The summed E-state index contributed by atoms with van der Waals surface area (Å²) >= 11 is 0. The lowest BCUT2D eigenvalue weighted by Gasteiger charge is -2.07. The Morgan fingerprint density at radius 2 is 1.76 bits per heavy atom. The zero-order chi connectivity index (χ0) is 17.6. The van der Waals surface area contributed by atoms with Crippen LogP contribution in [0.25, 0.3) is 11.1 Å². The molecule has 0 aliphatic heterocycles. The number of anilines is 1. The summed E-state index contributed by atoms with van der Waals surface area (Å²) in [4.78, 5) is 12.1. The van der Waals surface area contributed by atoms with Crippen molar-refractivity contribution in [2.24, 2.45) is 0 Å². The van der Waals surface area contributed by atoms with E-state index in [9.17, 15) is 4.79 Å². The van der Waals surface area contributed by atoms with Crippen molar-refractivity contribution in [1.82, 2.24) is 5.16 Å². The third kappa shape index (κ3) is 4.17. The van der Waals surface area contributed by atoms with Crippen LogP contribution in [0.1, 0.15) is 5.56 Å². The van der Waals surface area contributed by atoms with Crippen molar-refractivity contribution >= 4 is 11.8 Å². The second-order valence-electron chi connectivity index (χ2n) is 5.45. The number of aryl methyl sites for hydroxylation is 1. The molecule has 0 spiro atoms. The molecule has 6 heteroatoms. The van der Waals surface area contributed by atoms with Crippen LogP contribution >= 0.6 is 0 Å². The van der Waals surface area contributed by atoms with E-state index in [1.807, 2.05) is 55.5 Å². The summed E-state index contributed by atoms with van der Waals surface area (Å²) in [5.74, 6) is 1.33. The van der Waals surface area contributed by atoms with Crippen LogP contribution in [0.4, 0.5) is 5.88 Å². The molecular formula is C19H18N2O4. The van der Waals surface area contributed by atoms with Gasteiger partial charge in [0.15, 0.2) is 6.61 Å². The van der Waals surface area contributed by atoms with E-state index in [2.05, 4.69) is 10.5 Å². The first-order valence-electron chi connectivity index (χ1n) is 7.74. The summed E-state index contributed by atoms with van der Waals surface area (Å²) in [6.07, 6.45) is 1.55. The Labute approximate surface area is 145 Å². The number of aromatic nitrogens is 1. The Morgan fingerprint density at radius 3 is 2.44 bits per heavy atom. The number of nitrogens with one attached hydrogen (secondary N) is 1. The van der Waals surface area contributed by atoms with E-state index < -0.39 is 0 Å². The average Bonchev–Trinajstić information content (AvgIpc) is 3.09.